The molecule has 0 aliphatic rings. The van der Waals surface area contributed by atoms with Gasteiger partial charge in [-0.3, -0.25) is 4.79 Å². The lowest BCUT2D eigenvalue weighted by atomic mass is 10.2. The van der Waals surface area contributed by atoms with Crippen molar-refractivity contribution >= 4 is 5.91 Å². The Morgan fingerprint density at radius 3 is 1.83 bits per heavy atom. The summed E-state index contributed by atoms with van der Waals surface area (Å²) in [7, 11) is 0. The molecule has 0 heterocycles. The highest BCUT2D eigenvalue weighted by Crippen LogP contribution is 2.23. The maximum absolute atomic E-state index is 11.7. The van der Waals surface area contributed by atoms with Gasteiger partial charge in [-0.25, -0.2) is 0 Å². The maximum atomic E-state index is 11.7. The second-order valence-electron chi connectivity index (χ2n) is 1.76. The van der Waals surface area contributed by atoms with Gasteiger partial charge in [0.25, 0.3) is 5.91 Å². The molecule has 0 radical (unpaired) electrons. The molecular weight excluding hydrogens is 175 g/mol. The van der Waals surface area contributed by atoms with Gasteiger partial charge in [0.2, 0.25) is 0 Å². The molecule has 0 aromatic heterocycles. The van der Waals surface area contributed by atoms with Crippen LogP contribution in [0.1, 0.15) is 0 Å². The van der Waals surface area contributed by atoms with E-state index in [0.29, 0.717) is 0 Å². The zero-order chi connectivity index (χ0) is 9.94. The number of amides is 1. The van der Waals surface area contributed by atoms with Crippen LogP contribution >= 0.6 is 0 Å². The van der Waals surface area contributed by atoms with E-state index in [1.54, 1.807) is 0 Å². The molecule has 1 amide bonds. The van der Waals surface area contributed by atoms with Gasteiger partial charge < -0.3 is 11.5 Å². The van der Waals surface area contributed by atoms with Crippen LogP contribution in [0.3, 0.4) is 0 Å². The summed E-state index contributed by atoms with van der Waals surface area (Å²) >= 11 is 0. The molecule has 0 unspecified atom stereocenters. The monoisotopic (exact) mass is 179 g/mol. The van der Waals surface area contributed by atoms with Crippen LogP contribution in [0.5, 0.6) is 0 Å². The smallest absolute Gasteiger partial charge is 0.393 e. The molecule has 0 saturated heterocycles. The average Bonchev–Trinajstić information content (AvgIpc) is 1.86. The minimum absolute atomic E-state index is 0.968. The summed E-state index contributed by atoms with van der Waals surface area (Å²) in [5.41, 5.74) is 5.84. The van der Waals surface area contributed by atoms with Crippen molar-refractivity contribution in [3.63, 3.8) is 0 Å². The van der Waals surface area contributed by atoms with Crippen LogP contribution in [-0.4, -0.2) is 12.1 Å². The summed E-state index contributed by atoms with van der Waals surface area (Å²) in [5.74, 6) is -1.49. The normalized spacial score (nSPS) is 13.2. The largest absolute Gasteiger partial charge is 0.432 e. The van der Waals surface area contributed by atoms with Crippen molar-refractivity contribution in [1.82, 2.24) is 0 Å². The highest BCUT2D eigenvalue weighted by molar-refractivity contribution is 5.96. The van der Waals surface area contributed by atoms with E-state index in [0.717, 1.165) is 6.07 Å². The van der Waals surface area contributed by atoms with Gasteiger partial charge in [-0.2, -0.15) is 18.4 Å². The minimum atomic E-state index is -4.90. The third kappa shape index (κ3) is 2.16. The number of alkyl halides is 3. The lowest BCUT2D eigenvalue weighted by Gasteiger charge is -2.06. The molecule has 0 aliphatic carbocycles. The van der Waals surface area contributed by atoms with Gasteiger partial charge in [0.15, 0.2) is 0 Å². The van der Waals surface area contributed by atoms with Crippen LogP contribution < -0.4 is 11.5 Å². The number of allylic oxidation sites excluding steroid dienone is 1. The highest BCUT2D eigenvalue weighted by atomic mass is 19.4. The predicted molar refractivity (Wildman–Crippen MR) is 32.1 cm³/mol. The number of nitrogens with two attached hydrogens (primary N) is 2. The summed E-state index contributed by atoms with van der Waals surface area (Å²) in [4.78, 5) is 10.2. The van der Waals surface area contributed by atoms with Crippen molar-refractivity contribution in [2.45, 2.75) is 6.18 Å². The Kier molecular flexibility index (Phi) is 2.68. The van der Waals surface area contributed by atoms with Crippen molar-refractivity contribution in [3.8, 4) is 6.07 Å². The molecule has 0 aromatic rings. The number of rotatable bonds is 1. The fourth-order valence-electron chi connectivity index (χ4n) is 0.390. The van der Waals surface area contributed by atoms with Crippen LogP contribution in [0.4, 0.5) is 13.2 Å². The summed E-state index contributed by atoms with van der Waals surface area (Å²) < 4.78 is 35.1. The number of primary amides is 1. The Morgan fingerprint density at radius 1 is 1.33 bits per heavy atom. The first-order valence-electron chi connectivity index (χ1n) is 2.57. The number of nitrogens with zero attached hydrogens (tertiary/aromatic N) is 1. The quantitative estimate of drug-likeness (QED) is 0.430. The van der Waals surface area contributed by atoms with Crippen LogP contribution in [0, 0.1) is 11.3 Å². The van der Waals surface area contributed by atoms with E-state index < -0.39 is 23.4 Å². The van der Waals surface area contributed by atoms with Gasteiger partial charge in [0.1, 0.15) is 17.3 Å². The Morgan fingerprint density at radius 2 is 1.75 bits per heavy atom. The Labute approximate surface area is 65.2 Å². The summed E-state index contributed by atoms with van der Waals surface area (Å²) in [6.45, 7) is 0. The number of carbonyl (C=O) groups is 1. The van der Waals surface area contributed by atoms with Crippen molar-refractivity contribution < 1.29 is 18.0 Å². The second-order valence-corrected chi connectivity index (χ2v) is 1.76. The van der Waals surface area contributed by atoms with Crippen LogP contribution in [0.15, 0.2) is 11.3 Å². The van der Waals surface area contributed by atoms with E-state index in [2.05, 4.69) is 11.5 Å². The maximum Gasteiger partial charge on any atom is 0.432 e. The molecule has 4 nitrogen and oxygen atoms in total. The third-order valence-corrected chi connectivity index (χ3v) is 0.933. The van der Waals surface area contributed by atoms with E-state index >= 15 is 0 Å². The molecule has 12 heavy (non-hydrogen) atoms. The minimum Gasteiger partial charge on any atom is -0.393 e. The van der Waals surface area contributed by atoms with Crippen molar-refractivity contribution in [3.05, 3.63) is 11.3 Å². The molecule has 0 spiro atoms. The predicted octanol–water partition coefficient (Wildman–Crippen LogP) is -0.230. The van der Waals surface area contributed by atoms with Crippen LogP contribution in [0.25, 0.3) is 0 Å². The first kappa shape index (κ1) is 10.3. The third-order valence-electron chi connectivity index (χ3n) is 0.933. The average molecular weight is 179 g/mol. The van der Waals surface area contributed by atoms with E-state index in [1.165, 1.54) is 0 Å². The molecule has 4 N–H and O–H groups in total. The van der Waals surface area contributed by atoms with Gasteiger partial charge in [-0.05, 0) is 0 Å². The molecule has 7 heteroatoms. The molecule has 0 aromatic carbocycles. The fourth-order valence-corrected chi connectivity index (χ4v) is 0.390. The number of halogens is 3. The molecule has 0 rings (SSSR count). The van der Waals surface area contributed by atoms with Crippen molar-refractivity contribution in [2.24, 2.45) is 11.5 Å². The summed E-state index contributed by atoms with van der Waals surface area (Å²) in [6, 6.07) is 0.968. The zero-order valence-electron chi connectivity index (χ0n) is 5.64. The lowest BCUT2D eigenvalue weighted by Crippen LogP contribution is -2.26. The molecule has 0 saturated carbocycles. The van der Waals surface area contributed by atoms with Gasteiger partial charge >= 0.3 is 6.18 Å². The lowest BCUT2D eigenvalue weighted by molar-refractivity contribution is -0.116. The van der Waals surface area contributed by atoms with E-state index in [1.807, 2.05) is 0 Å². The molecular formula is C5H4F3N3O. The standard InChI is InChI=1S/C5H4F3N3O/c6-5(7,8)3(10)2(1-9)4(11)12/h10H2,(H2,11,12)/b3-2-. The topological polar surface area (TPSA) is 92.9 Å². The van der Waals surface area contributed by atoms with Gasteiger partial charge in [0, 0.05) is 0 Å². The second kappa shape index (κ2) is 3.13. The molecule has 0 fully saturated rings. The number of hydrogen-bond acceptors (Lipinski definition) is 3. The van der Waals surface area contributed by atoms with E-state index in [4.69, 9.17) is 5.26 Å². The molecule has 0 bridgehead atoms. The molecule has 0 aliphatic heterocycles. The summed E-state index contributed by atoms with van der Waals surface area (Å²) in [6.07, 6.45) is -4.90. The van der Waals surface area contributed by atoms with Crippen molar-refractivity contribution in [1.29, 1.82) is 5.26 Å². The fraction of sp³-hybridized carbons (Fsp3) is 0.200. The Bertz CT molecular complexity index is 273. The van der Waals surface area contributed by atoms with Gasteiger partial charge in [0.05, 0.1) is 0 Å². The van der Waals surface area contributed by atoms with Gasteiger partial charge in [-0.1, -0.05) is 0 Å². The van der Waals surface area contributed by atoms with Crippen LogP contribution in [0.2, 0.25) is 0 Å². The van der Waals surface area contributed by atoms with E-state index in [-0.39, 0.29) is 0 Å². The SMILES string of the molecule is N#C/C(C(N)=O)=C(/N)C(F)(F)F. The zero-order valence-corrected chi connectivity index (χ0v) is 5.64. The number of nitriles is 1. The summed E-state index contributed by atoms with van der Waals surface area (Å²) in [5, 5.41) is 8.04. The number of hydrogen-bond donors (Lipinski definition) is 2. The molecule has 0 atom stereocenters. The van der Waals surface area contributed by atoms with Crippen molar-refractivity contribution in [2.75, 3.05) is 0 Å². The first-order valence-corrected chi connectivity index (χ1v) is 2.57. The first-order chi connectivity index (χ1) is 5.30. The molecule has 66 valence electrons. The number of carbonyl (C=O) groups excluding carboxylic acids is 1. The Hall–Kier alpha value is -1.71. The van der Waals surface area contributed by atoms with Gasteiger partial charge in [-0.15, -0.1) is 0 Å². The van der Waals surface area contributed by atoms with Crippen LogP contribution in [-0.2, 0) is 4.79 Å². The Balaban J connectivity index is 5.17. The van der Waals surface area contributed by atoms with E-state index in [9.17, 15) is 18.0 Å². The highest BCUT2D eigenvalue weighted by Gasteiger charge is 2.35.